The smallest absolute Gasteiger partial charge is 0.175 e. The van der Waals surface area contributed by atoms with Crippen LogP contribution >= 0.6 is 15.9 Å². The van der Waals surface area contributed by atoms with E-state index in [1.165, 1.54) is 6.26 Å². The summed E-state index contributed by atoms with van der Waals surface area (Å²) in [6.45, 7) is 0.534. The third-order valence-corrected chi connectivity index (χ3v) is 4.06. The summed E-state index contributed by atoms with van der Waals surface area (Å²) in [4.78, 5) is 4.60. The molecule has 0 aliphatic carbocycles. The van der Waals surface area contributed by atoms with Crippen LogP contribution in [0, 0.1) is 0 Å². The summed E-state index contributed by atoms with van der Waals surface area (Å²) >= 11 is 3.31. The number of nitrogens with zero attached hydrogens (tertiary/aromatic N) is 1. The molecule has 0 spiro atoms. The highest BCUT2D eigenvalue weighted by molar-refractivity contribution is 9.10. The minimum absolute atomic E-state index is 0.305. The Balaban J connectivity index is 2.12. The zero-order chi connectivity index (χ0) is 13.9. The first-order valence-electron chi connectivity index (χ1n) is 5.60. The maximum Gasteiger partial charge on any atom is 0.175 e. The molecule has 0 saturated heterocycles. The van der Waals surface area contributed by atoms with Crippen molar-refractivity contribution in [3.8, 4) is 0 Å². The van der Waals surface area contributed by atoms with Gasteiger partial charge >= 0.3 is 0 Å². The van der Waals surface area contributed by atoms with Gasteiger partial charge in [-0.05, 0) is 46.3 Å². The molecular weight excluding hydrogens is 328 g/mol. The number of hydrogen-bond acceptors (Lipinski definition) is 4. The summed E-state index contributed by atoms with van der Waals surface area (Å²) in [7, 11) is -3.18. The van der Waals surface area contributed by atoms with Gasteiger partial charge in [0.15, 0.2) is 9.84 Å². The summed E-state index contributed by atoms with van der Waals surface area (Å²) in [6, 6.07) is 12.4. The molecule has 0 atom stereocenters. The molecule has 19 heavy (non-hydrogen) atoms. The van der Waals surface area contributed by atoms with Gasteiger partial charge in [-0.1, -0.05) is 12.1 Å². The van der Waals surface area contributed by atoms with E-state index >= 15 is 0 Å². The van der Waals surface area contributed by atoms with Gasteiger partial charge in [-0.3, -0.25) is 0 Å². The van der Waals surface area contributed by atoms with Crippen LogP contribution in [0.3, 0.4) is 0 Å². The van der Waals surface area contributed by atoms with Crippen molar-refractivity contribution in [3.05, 3.63) is 52.8 Å². The van der Waals surface area contributed by atoms with E-state index in [0.29, 0.717) is 11.4 Å². The van der Waals surface area contributed by atoms with Gasteiger partial charge in [0, 0.05) is 11.9 Å². The van der Waals surface area contributed by atoms with Gasteiger partial charge in [0.2, 0.25) is 0 Å². The Morgan fingerprint density at radius 3 is 2.63 bits per heavy atom. The van der Waals surface area contributed by atoms with Gasteiger partial charge in [-0.15, -0.1) is 0 Å². The third kappa shape index (κ3) is 4.04. The largest absolute Gasteiger partial charge is 0.379 e. The van der Waals surface area contributed by atoms with Gasteiger partial charge in [-0.2, -0.15) is 0 Å². The van der Waals surface area contributed by atoms with Crippen LogP contribution in [0.25, 0.3) is 0 Å². The Hall–Kier alpha value is -1.40. The predicted molar refractivity (Wildman–Crippen MR) is 78.8 cm³/mol. The Bertz CT molecular complexity index is 687. The fraction of sp³-hybridized carbons (Fsp3) is 0.154. The normalized spacial score (nSPS) is 11.3. The minimum atomic E-state index is -3.18. The molecule has 0 radical (unpaired) electrons. The van der Waals surface area contributed by atoms with Gasteiger partial charge < -0.3 is 5.32 Å². The van der Waals surface area contributed by atoms with E-state index in [0.717, 1.165) is 16.0 Å². The molecule has 0 unspecified atom stereocenters. The van der Waals surface area contributed by atoms with Gasteiger partial charge in [-0.25, -0.2) is 13.4 Å². The first-order chi connectivity index (χ1) is 8.95. The fourth-order valence-corrected chi connectivity index (χ4v) is 2.63. The number of anilines is 1. The predicted octanol–water partition coefficient (Wildman–Crippen LogP) is 2.86. The zero-order valence-electron chi connectivity index (χ0n) is 10.3. The molecule has 6 heteroatoms. The van der Waals surface area contributed by atoms with Crippen LogP contribution in [0.4, 0.5) is 5.69 Å². The van der Waals surface area contributed by atoms with E-state index in [1.807, 2.05) is 24.3 Å². The molecule has 2 aromatic rings. The van der Waals surface area contributed by atoms with Crippen LogP contribution < -0.4 is 5.32 Å². The van der Waals surface area contributed by atoms with Crippen LogP contribution in [-0.4, -0.2) is 19.7 Å². The standard InChI is InChI=1S/C13H13BrN2O2S/c1-19(17,18)12-6-2-4-10(8-12)15-9-11-5-3-7-13(14)16-11/h2-8,15H,9H2,1H3. The Labute approximate surface area is 120 Å². The van der Waals surface area contributed by atoms with E-state index in [-0.39, 0.29) is 0 Å². The van der Waals surface area contributed by atoms with Crippen LogP contribution in [-0.2, 0) is 16.4 Å². The fourth-order valence-electron chi connectivity index (χ4n) is 1.58. The Morgan fingerprint density at radius 1 is 1.21 bits per heavy atom. The molecule has 0 bridgehead atoms. The van der Waals surface area contributed by atoms with Crippen molar-refractivity contribution in [2.75, 3.05) is 11.6 Å². The van der Waals surface area contributed by atoms with Gasteiger partial charge in [0.1, 0.15) is 4.60 Å². The highest BCUT2D eigenvalue weighted by atomic mass is 79.9. The maximum absolute atomic E-state index is 11.5. The van der Waals surface area contributed by atoms with E-state index < -0.39 is 9.84 Å². The minimum Gasteiger partial charge on any atom is -0.379 e. The molecule has 1 N–H and O–H groups in total. The lowest BCUT2D eigenvalue weighted by Crippen LogP contribution is -2.03. The van der Waals surface area contributed by atoms with Crippen molar-refractivity contribution < 1.29 is 8.42 Å². The number of hydrogen-bond donors (Lipinski definition) is 1. The van der Waals surface area contributed by atoms with E-state index in [1.54, 1.807) is 18.2 Å². The maximum atomic E-state index is 11.5. The highest BCUT2D eigenvalue weighted by Crippen LogP contribution is 2.16. The number of aromatic nitrogens is 1. The van der Waals surface area contributed by atoms with Crippen LogP contribution in [0.2, 0.25) is 0 Å². The quantitative estimate of drug-likeness (QED) is 0.869. The second-order valence-electron chi connectivity index (χ2n) is 4.11. The monoisotopic (exact) mass is 340 g/mol. The summed E-state index contributed by atoms with van der Waals surface area (Å²) in [5.41, 5.74) is 1.63. The number of nitrogens with one attached hydrogen (secondary N) is 1. The Morgan fingerprint density at radius 2 is 1.95 bits per heavy atom. The van der Waals surface area contributed by atoms with Crippen LogP contribution in [0.1, 0.15) is 5.69 Å². The molecule has 1 heterocycles. The van der Waals surface area contributed by atoms with Crippen molar-refractivity contribution in [2.24, 2.45) is 0 Å². The second-order valence-corrected chi connectivity index (χ2v) is 6.93. The van der Waals surface area contributed by atoms with E-state index in [9.17, 15) is 8.42 Å². The van der Waals surface area contributed by atoms with E-state index in [2.05, 4.69) is 26.2 Å². The molecule has 0 saturated carbocycles. The molecule has 0 aliphatic heterocycles. The number of pyridine rings is 1. The molecule has 0 amide bonds. The highest BCUT2D eigenvalue weighted by Gasteiger charge is 2.07. The molecule has 0 fully saturated rings. The van der Waals surface area contributed by atoms with Gasteiger partial charge in [0.05, 0.1) is 17.1 Å². The van der Waals surface area contributed by atoms with Crippen molar-refractivity contribution in [1.82, 2.24) is 4.98 Å². The third-order valence-electron chi connectivity index (χ3n) is 2.51. The van der Waals surface area contributed by atoms with Crippen molar-refractivity contribution in [3.63, 3.8) is 0 Å². The second kappa shape index (κ2) is 5.71. The SMILES string of the molecule is CS(=O)(=O)c1cccc(NCc2cccc(Br)n2)c1. The molecule has 0 aliphatic rings. The average Bonchev–Trinajstić information content (AvgIpc) is 2.36. The lowest BCUT2D eigenvalue weighted by Gasteiger charge is -2.07. The topological polar surface area (TPSA) is 59.1 Å². The summed E-state index contributed by atoms with van der Waals surface area (Å²) in [5, 5.41) is 3.15. The number of halogens is 1. The number of benzene rings is 1. The molecule has 100 valence electrons. The molecular formula is C13H13BrN2O2S. The van der Waals surface area contributed by atoms with Crippen molar-refractivity contribution in [1.29, 1.82) is 0 Å². The van der Waals surface area contributed by atoms with Crippen molar-refractivity contribution in [2.45, 2.75) is 11.4 Å². The molecule has 4 nitrogen and oxygen atoms in total. The number of sulfone groups is 1. The molecule has 1 aromatic carbocycles. The van der Waals surface area contributed by atoms with E-state index in [4.69, 9.17) is 0 Å². The first-order valence-corrected chi connectivity index (χ1v) is 8.29. The molecule has 1 aromatic heterocycles. The number of rotatable bonds is 4. The van der Waals surface area contributed by atoms with Crippen molar-refractivity contribution >= 4 is 31.5 Å². The lowest BCUT2D eigenvalue weighted by molar-refractivity contribution is 0.602. The summed E-state index contributed by atoms with van der Waals surface area (Å²) in [5.74, 6) is 0. The lowest BCUT2D eigenvalue weighted by atomic mass is 10.3. The zero-order valence-corrected chi connectivity index (χ0v) is 12.7. The average molecular weight is 341 g/mol. The van der Waals surface area contributed by atoms with Crippen LogP contribution in [0.5, 0.6) is 0 Å². The van der Waals surface area contributed by atoms with Crippen LogP contribution in [0.15, 0.2) is 52.0 Å². The first kappa shape index (κ1) is 14.0. The Kier molecular flexibility index (Phi) is 4.21. The summed E-state index contributed by atoms with van der Waals surface area (Å²) < 4.78 is 23.7. The van der Waals surface area contributed by atoms with Gasteiger partial charge in [0.25, 0.3) is 0 Å². The molecule has 2 rings (SSSR count). The summed E-state index contributed by atoms with van der Waals surface area (Å²) in [6.07, 6.45) is 1.20.